The Bertz CT molecular complexity index is 364. The maximum absolute atomic E-state index is 10.6. The molecule has 100 valence electrons. The first-order valence-corrected chi connectivity index (χ1v) is 5.94. The van der Waals surface area contributed by atoms with E-state index in [4.69, 9.17) is 14.9 Å². The molecule has 0 aliphatic rings. The van der Waals surface area contributed by atoms with Gasteiger partial charge in [0.2, 0.25) is 0 Å². The van der Waals surface area contributed by atoms with E-state index in [9.17, 15) is 4.79 Å². The zero-order valence-electron chi connectivity index (χ0n) is 10.4. The fraction of sp³-hybridized carbons (Fsp3) is 0.462. The quantitative estimate of drug-likeness (QED) is 0.605. The van der Waals surface area contributed by atoms with Crippen molar-refractivity contribution in [3.63, 3.8) is 0 Å². The van der Waals surface area contributed by atoms with E-state index < -0.39 is 5.97 Å². The Morgan fingerprint density at radius 1 is 1.39 bits per heavy atom. The van der Waals surface area contributed by atoms with Gasteiger partial charge in [0.1, 0.15) is 12.4 Å². The number of ether oxygens (including phenoxy) is 1. The monoisotopic (exact) mass is 253 g/mol. The smallest absolute Gasteiger partial charge is 0.335 e. The Kier molecular flexibility index (Phi) is 6.18. The number of aromatic carboxylic acids is 1. The lowest BCUT2D eigenvalue weighted by molar-refractivity contribution is 0.0697. The molecule has 1 atom stereocenters. The van der Waals surface area contributed by atoms with Crippen LogP contribution in [0.3, 0.4) is 0 Å². The molecule has 1 aromatic carbocycles. The molecule has 0 aromatic heterocycles. The van der Waals surface area contributed by atoms with Gasteiger partial charge in [-0.25, -0.2) is 4.79 Å². The summed E-state index contributed by atoms with van der Waals surface area (Å²) in [5, 5.41) is 20.7. The SMILES string of the molecule is CC(CCO)NCCOc1ccc(C(=O)O)cc1. The molecule has 0 spiro atoms. The van der Waals surface area contributed by atoms with Crippen molar-refractivity contribution in [2.45, 2.75) is 19.4 Å². The minimum Gasteiger partial charge on any atom is -0.492 e. The first-order chi connectivity index (χ1) is 8.63. The van der Waals surface area contributed by atoms with Crippen molar-refractivity contribution < 1.29 is 19.7 Å². The highest BCUT2D eigenvalue weighted by atomic mass is 16.5. The van der Waals surface area contributed by atoms with Gasteiger partial charge in [0.25, 0.3) is 0 Å². The third-order valence-electron chi connectivity index (χ3n) is 2.53. The molecule has 0 fully saturated rings. The maximum atomic E-state index is 10.6. The van der Waals surface area contributed by atoms with Crippen molar-refractivity contribution in [2.75, 3.05) is 19.8 Å². The van der Waals surface area contributed by atoms with Crippen LogP contribution in [0.25, 0.3) is 0 Å². The van der Waals surface area contributed by atoms with Crippen molar-refractivity contribution in [3.8, 4) is 5.75 Å². The van der Waals surface area contributed by atoms with Gasteiger partial charge in [-0.05, 0) is 37.6 Å². The molecule has 0 aliphatic carbocycles. The first kappa shape index (κ1) is 14.5. The van der Waals surface area contributed by atoms with E-state index in [1.807, 2.05) is 6.92 Å². The van der Waals surface area contributed by atoms with Gasteiger partial charge in [-0.15, -0.1) is 0 Å². The van der Waals surface area contributed by atoms with Gasteiger partial charge in [0.15, 0.2) is 0 Å². The molecule has 5 heteroatoms. The summed E-state index contributed by atoms with van der Waals surface area (Å²) in [6, 6.07) is 6.56. The molecule has 0 bridgehead atoms. The van der Waals surface area contributed by atoms with Crippen molar-refractivity contribution >= 4 is 5.97 Å². The van der Waals surface area contributed by atoms with E-state index in [1.165, 1.54) is 12.1 Å². The summed E-state index contributed by atoms with van der Waals surface area (Å²) in [6.45, 7) is 3.35. The van der Waals surface area contributed by atoms with Crippen LogP contribution in [-0.2, 0) is 0 Å². The van der Waals surface area contributed by atoms with E-state index >= 15 is 0 Å². The highest BCUT2D eigenvalue weighted by Crippen LogP contribution is 2.11. The second kappa shape index (κ2) is 7.68. The van der Waals surface area contributed by atoms with Gasteiger partial charge >= 0.3 is 5.97 Å². The summed E-state index contributed by atoms with van der Waals surface area (Å²) in [5.41, 5.74) is 0.247. The van der Waals surface area contributed by atoms with Gasteiger partial charge in [-0.2, -0.15) is 0 Å². The van der Waals surface area contributed by atoms with Gasteiger partial charge in [0, 0.05) is 19.2 Å². The fourth-order valence-corrected chi connectivity index (χ4v) is 1.46. The van der Waals surface area contributed by atoms with Crippen LogP contribution in [0.1, 0.15) is 23.7 Å². The second-order valence-corrected chi connectivity index (χ2v) is 4.05. The summed E-state index contributed by atoms with van der Waals surface area (Å²) in [6.07, 6.45) is 0.716. The average Bonchev–Trinajstić information content (AvgIpc) is 2.35. The van der Waals surface area contributed by atoms with Crippen LogP contribution in [-0.4, -0.2) is 42.0 Å². The fourth-order valence-electron chi connectivity index (χ4n) is 1.46. The van der Waals surface area contributed by atoms with E-state index in [1.54, 1.807) is 12.1 Å². The zero-order chi connectivity index (χ0) is 13.4. The van der Waals surface area contributed by atoms with E-state index in [0.717, 1.165) is 0 Å². The minimum atomic E-state index is -0.943. The lowest BCUT2D eigenvalue weighted by atomic mass is 10.2. The van der Waals surface area contributed by atoms with Crippen LogP contribution in [0.4, 0.5) is 0 Å². The van der Waals surface area contributed by atoms with Crippen LogP contribution >= 0.6 is 0 Å². The van der Waals surface area contributed by atoms with E-state index in [0.29, 0.717) is 25.3 Å². The predicted molar refractivity (Wildman–Crippen MR) is 68.1 cm³/mol. The first-order valence-electron chi connectivity index (χ1n) is 5.94. The molecule has 1 rings (SSSR count). The number of nitrogens with one attached hydrogen (secondary N) is 1. The van der Waals surface area contributed by atoms with Gasteiger partial charge in [-0.1, -0.05) is 0 Å². The molecule has 0 aliphatic heterocycles. The van der Waals surface area contributed by atoms with Crippen molar-refractivity contribution in [3.05, 3.63) is 29.8 Å². The Balaban J connectivity index is 2.25. The summed E-state index contributed by atoms with van der Waals surface area (Å²) in [4.78, 5) is 10.6. The molecule has 0 radical (unpaired) electrons. The van der Waals surface area contributed by atoms with Crippen molar-refractivity contribution in [1.82, 2.24) is 5.32 Å². The lowest BCUT2D eigenvalue weighted by Crippen LogP contribution is -2.30. The van der Waals surface area contributed by atoms with Gasteiger partial charge < -0.3 is 20.3 Å². The third kappa shape index (κ3) is 5.16. The number of aliphatic hydroxyl groups is 1. The molecule has 0 heterocycles. The highest BCUT2D eigenvalue weighted by Gasteiger charge is 2.02. The maximum Gasteiger partial charge on any atom is 0.335 e. The molecule has 0 amide bonds. The largest absolute Gasteiger partial charge is 0.492 e. The van der Waals surface area contributed by atoms with Crippen molar-refractivity contribution in [2.24, 2.45) is 0 Å². The number of carbonyl (C=O) groups is 1. The van der Waals surface area contributed by atoms with Crippen LogP contribution in [0, 0.1) is 0 Å². The Hall–Kier alpha value is -1.59. The lowest BCUT2D eigenvalue weighted by Gasteiger charge is -2.12. The number of carboxylic acid groups (broad SMARTS) is 1. The number of benzene rings is 1. The Morgan fingerprint density at radius 3 is 2.61 bits per heavy atom. The summed E-state index contributed by atoms with van der Waals surface area (Å²) >= 11 is 0. The summed E-state index contributed by atoms with van der Waals surface area (Å²) < 4.78 is 5.45. The minimum absolute atomic E-state index is 0.172. The summed E-state index contributed by atoms with van der Waals surface area (Å²) in [7, 11) is 0. The number of hydrogen-bond acceptors (Lipinski definition) is 4. The highest BCUT2D eigenvalue weighted by molar-refractivity contribution is 5.87. The molecular weight excluding hydrogens is 234 g/mol. The molecule has 0 saturated carbocycles. The van der Waals surface area contributed by atoms with Gasteiger partial charge in [-0.3, -0.25) is 0 Å². The normalized spacial score (nSPS) is 12.1. The topological polar surface area (TPSA) is 78.8 Å². The summed E-state index contributed by atoms with van der Waals surface area (Å²) in [5.74, 6) is -0.294. The standard InChI is InChI=1S/C13H19NO4/c1-10(6-8-15)14-7-9-18-12-4-2-11(3-5-12)13(16)17/h2-5,10,14-15H,6-9H2,1H3,(H,16,17). The van der Waals surface area contributed by atoms with Gasteiger partial charge in [0.05, 0.1) is 5.56 Å². The Labute approximate surface area is 106 Å². The molecule has 1 unspecified atom stereocenters. The van der Waals surface area contributed by atoms with Crippen LogP contribution in [0.2, 0.25) is 0 Å². The molecule has 1 aromatic rings. The van der Waals surface area contributed by atoms with Crippen LogP contribution in [0.15, 0.2) is 24.3 Å². The molecular formula is C13H19NO4. The second-order valence-electron chi connectivity index (χ2n) is 4.05. The predicted octanol–water partition coefficient (Wildman–Crippen LogP) is 1.12. The van der Waals surface area contributed by atoms with Crippen LogP contribution < -0.4 is 10.1 Å². The molecule has 18 heavy (non-hydrogen) atoms. The van der Waals surface area contributed by atoms with Crippen molar-refractivity contribution in [1.29, 1.82) is 0 Å². The Morgan fingerprint density at radius 2 is 2.06 bits per heavy atom. The molecule has 3 N–H and O–H groups in total. The number of rotatable bonds is 8. The molecule has 0 saturated heterocycles. The average molecular weight is 253 g/mol. The number of hydrogen-bond donors (Lipinski definition) is 3. The van der Waals surface area contributed by atoms with E-state index in [-0.39, 0.29) is 18.2 Å². The molecule has 5 nitrogen and oxygen atoms in total. The van der Waals surface area contributed by atoms with E-state index in [2.05, 4.69) is 5.32 Å². The third-order valence-corrected chi connectivity index (χ3v) is 2.53. The zero-order valence-corrected chi connectivity index (χ0v) is 10.4. The number of aliphatic hydroxyl groups excluding tert-OH is 1. The number of carboxylic acids is 1. The van der Waals surface area contributed by atoms with Crippen LogP contribution in [0.5, 0.6) is 5.75 Å².